The van der Waals surface area contributed by atoms with Crippen LogP contribution >= 0.6 is 0 Å². The van der Waals surface area contributed by atoms with Gasteiger partial charge < -0.3 is 0 Å². The highest BCUT2D eigenvalue weighted by Crippen LogP contribution is 2.04. The number of allylic oxidation sites excluding steroid dienone is 5. The minimum atomic E-state index is 1.07. The lowest BCUT2D eigenvalue weighted by Crippen LogP contribution is -1.73. The Morgan fingerprint density at radius 2 is 1.82 bits per heavy atom. The Bertz CT molecular complexity index is 170. The molecule has 0 spiro atoms. The van der Waals surface area contributed by atoms with Crippen molar-refractivity contribution in [1.29, 1.82) is 0 Å². The van der Waals surface area contributed by atoms with Gasteiger partial charge in [-0.2, -0.15) is 0 Å². The maximum Gasteiger partial charge on any atom is -0.0308 e. The van der Waals surface area contributed by atoms with Gasteiger partial charge in [0.1, 0.15) is 0 Å². The Hall–Kier alpha value is -0.780. The zero-order valence-corrected chi connectivity index (χ0v) is 7.85. The van der Waals surface area contributed by atoms with E-state index in [0.717, 1.165) is 12.8 Å². The average Bonchev–Trinajstić information content (AvgIpc) is 2.06. The van der Waals surface area contributed by atoms with Crippen molar-refractivity contribution in [2.75, 3.05) is 0 Å². The van der Waals surface area contributed by atoms with E-state index < -0.39 is 0 Å². The first-order valence-corrected chi connectivity index (χ1v) is 4.23. The molecule has 0 aliphatic rings. The predicted octanol–water partition coefficient (Wildman–Crippen LogP) is 3.87. The summed E-state index contributed by atoms with van der Waals surface area (Å²) in [6.07, 6.45) is 8.42. The first-order chi connectivity index (χ1) is 5.24. The molecule has 0 heteroatoms. The van der Waals surface area contributed by atoms with Crippen molar-refractivity contribution in [3.63, 3.8) is 0 Å². The van der Waals surface area contributed by atoms with Crippen molar-refractivity contribution in [3.05, 3.63) is 36.0 Å². The van der Waals surface area contributed by atoms with E-state index >= 15 is 0 Å². The van der Waals surface area contributed by atoms with Gasteiger partial charge >= 0.3 is 0 Å². The van der Waals surface area contributed by atoms with E-state index in [4.69, 9.17) is 0 Å². The van der Waals surface area contributed by atoms with E-state index in [0.29, 0.717) is 0 Å². The summed E-state index contributed by atoms with van der Waals surface area (Å²) in [5, 5.41) is 0. The maximum atomic E-state index is 3.74. The molecule has 0 saturated carbocycles. The van der Waals surface area contributed by atoms with Gasteiger partial charge in [-0.05, 0) is 25.3 Å². The van der Waals surface area contributed by atoms with Crippen LogP contribution in [0.4, 0.5) is 0 Å². The fraction of sp³-hybridized carbons (Fsp3) is 0.455. The Labute approximate surface area is 70.3 Å². The van der Waals surface area contributed by atoms with Gasteiger partial charge in [0.15, 0.2) is 0 Å². The van der Waals surface area contributed by atoms with Crippen molar-refractivity contribution in [3.8, 4) is 0 Å². The molecule has 0 unspecified atom stereocenters. The molecule has 0 aromatic heterocycles. The third-order valence-electron chi connectivity index (χ3n) is 1.81. The normalized spacial score (nSPS) is 13.4. The van der Waals surface area contributed by atoms with E-state index in [-0.39, 0.29) is 0 Å². The zero-order valence-electron chi connectivity index (χ0n) is 7.85. The van der Waals surface area contributed by atoms with Gasteiger partial charge in [-0.1, -0.05) is 44.2 Å². The second kappa shape index (κ2) is 5.96. The number of hydrogen-bond donors (Lipinski definition) is 0. The minimum Gasteiger partial charge on any atom is -0.0988 e. The molecule has 0 aliphatic heterocycles. The van der Waals surface area contributed by atoms with E-state index in [9.17, 15) is 0 Å². The van der Waals surface area contributed by atoms with Crippen molar-refractivity contribution in [1.82, 2.24) is 0 Å². The Morgan fingerprint density at radius 3 is 2.18 bits per heavy atom. The first kappa shape index (κ1) is 10.2. The summed E-state index contributed by atoms with van der Waals surface area (Å²) in [6, 6.07) is 0. The molecule has 62 valence electrons. The van der Waals surface area contributed by atoms with Crippen LogP contribution in [-0.2, 0) is 0 Å². The molecule has 0 rings (SSSR count). The summed E-state index contributed by atoms with van der Waals surface area (Å²) in [7, 11) is 0. The summed E-state index contributed by atoms with van der Waals surface area (Å²) in [6.45, 7) is 10.2. The Balaban J connectivity index is 4.17. The smallest absolute Gasteiger partial charge is 0.0308 e. The lowest BCUT2D eigenvalue weighted by molar-refractivity contribution is 1.09. The Kier molecular flexibility index (Phi) is 5.54. The SMILES string of the molecule is C=C/C(=C\C=C(\C)CC)CC. The van der Waals surface area contributed by atoms with Gasteiger partial charge in [0.2, 0.25) is 0 Å². The quantitative estimate of drug-likeness (QED) is 0.534. The van der Waals surface area contributed by atoms with Crippen LogP contribution in [0.15, 0.2) is 36.0 Å². The third kappa shape index (κ3) is 4.60. The van der Waals surface area contributed by atoms with Crippen molar-refractivity contribution >= 4 is 0 Å². The molecule has 0 N–H and O–H groups in total. The summed E-state index contributed by atoms with van der Waals surface area (Å²) in [4.78, 5) is 0. The van der Waals surface area contributed by atoms with Crippen molar-refractivity contribution in [2.24, 2.45) is 0 Å². The highest BCUT2D eigenvalue weighted by Gasteiger charge is 1.84. The second-order valence-corrected chi connectivity index (χ2v) is 2.67. The van der Waals surface area contributed by atoms with E-state index in [1.165, 1.54) is 11.1 Å². The molecule has 0 radical (unpaired) electrons. The molecule has 0 nitrogen and oxygen atoms in total. The molecule has 11 heavy (non-hydrogen) atoms. The van der Waals surface area contributed by atoms with Crippen molar-refractivity contribution in [2.45, 2.75) is 33.6 Å². The molecular weight excluding hydrogens is 132 g/mol. The Morgan fingerprint density at radius 1 is 1.18 bits per heavy atom. The minimum absolute atomic E-state index is 1.07. The predicted molar refractivity (Wildman–Crippen MR) is 52.6 cm³/mol. The molecule has 0 aromatic carbocycles. The largest absolute Gasteiger partial charge is 0.0988 e. The summed E-state index contributed by atoms with van der Waals surface area (Å²) in [5.74, 6) is 0. The van der Waals surface area contributed by atoms with Crippen LogP contribution in [0.1, 0.15) is 33.6 Å². The highest BCUT2D eigenvalue weighted by atomic mass is 13.9. The standard InChI is InChI=1S/C11H18/c1-5-10(4)8-9-11(6-2)7-3/h6,8-9H,2,5,7H2,1,3-4H3/b10-8-,11-9+. The number of rotatable bonds is 4. The van der Waals surface area contributed by atoms with Gasteiger partial charge in [0, 0.05) is 0 Å². The molecule has 0 saturated heterocycles. The third-order valence-corrected chi connectivity index (χ3v) is 1.81. The van der Waals surface area contributed by atoms with Crippen LogP contribution in [-0.4, -0.2) is 0 Å². The first-order valence-electron chi connectivity index (χ1n) is 4.23. The van der Waals surface area contributed by atoms with Gasteiger partial charge in [0.25, 0.3) is 0 Å². The van der Waals surface area contributed by atoms with Crippen LogP contribution in [0.5, 0.6) is 0 Å². The molecule has 0 bridgehead atoms. The topological polar surface area (TPSA) is 0 Å². The summed E-state index contributed by atoms with van der Waals surface area (Å²) < 4.78 is 0. The number of hydrogen-bond acceptors (Lipinski definition) is 0. The van der Waals surface area contributed by atoms with E-state index in [1.807, 2.05) is 6.08 Å². The lowest BCUT2D eigenvalue weighted by atomic mass is 10.1. The molecule has 0 aromatic rings. The van der Waals surface area contributed by atoms with Crippen LogP contribution in [0.2, 0.25) is 0 Å². The van der Waals surface area contributed by atoms with Gasteiger partial charge in [-0.25, -0.2) is 0 Å². The fourth-order valence-electron chi connectivity index (χ4n) is 0.697. The van der Waals surface area contributed by atoms with Crippen LogP contribution < -0.4 is 0 Å². The van der Waals surface area contributed by atoms with Crippen LogP contribution in [0.3, 0.4) is 0 Å². The summed E-state index contributed by atoms with van der Waals surface area (Å²) >= 11 is 0. The molecular formula is C11H18. The molecule has 0 fully saturated rings. The summed E-state index contributed by atoms with van der Waals surface area (Å²) in [5.41, 5.74) is 2.72. The fourth-order valence-corrected chi connectivity index (χ4v) is 0.697. The molecule has 0 aliphatic carbocycles. The second-order valence-electron chi connectivity index (χ2n) is 2.67. The molecule has 0 amide bonds. The highest BCUT2D eigenvalue weighted by molar-refractivity contribution is 5.23. The van der Waals surface area contributed by atoms with E-state index in [1.54, 1.807) is 0 Å². The average molecular weight is 150 g/mol. The van der Waals surface area contributed by atoms with Gasteiger partial charge in [-0.3, -0.25) is 0 Å². The molecule has 0 atom stereocenters. The molecule has 0 heterocycles. The van der Waals surface area contributed by atoms with Gasteiger partial charge in [-0.15, -0.1) is 0 Å². The monoisotopic (exact) mass is 150 g/mol. The zero-order chi connectivity index (χ0) is 8.69. The van der Waals surface area contributed by atoms with E-state index in [2.05, 4.69) is 39.5 Å². The van der Waals surface area contributed by atoms with Crippen molar-refractivity contribution < 1.29 is 0 Å². The van der Waals surface area contributed by atoms with Crippen LogP contribution in [0, 0.1) is 0 Å². The van der Waals surface area contributed by atoms with Crippen LogP contribution in [0.25, 0.3) is 0 Å². The maximum absolute atomic E-state index is 3.74. The van der Waals surface area contributed by atoms with Gasteiger partial charge in [0.05, 0.1) is 0 Å². The lowest BCUT2D eigenvalue weighted by Gasteiger charge is -1.94.